The topological polar surface area (TPSA) is 65.4 Å². The summed E-state index contributed by atoms with van der Waals surface area (Å²) in [5.74, 6) is 1.44. The minimum absolute atomic E-state index is 0.274. The zero-order valence-electron chi connectivity index (χ0n) is 9.41. The van der Waals surface area contributed by atoms with E-state index in [1.165, 1.54) is 4.80 Å². The smallest absolute Gasteiger partial charge is 0.204 e. The molecule has 0 spiro atoms. The Morgan fingerprint density at radius 1 is 1.41 bits per heavy atom. The Balaban J connectivity index is 1.70. The Kier molecular flexibility index (Phi) is 2.49. The van der Waals surface area contributed by atoms with Gasteiger partial charge >= 0.3 is 0 Å². The van der Waals surface area contributed by atoms with E-state index in [0.29, 0.717) is 12.4 Å². The molecule has 0 radical (unpaired) electrons. The van der Waals surface area contributed by atoms with Gasteiger partial charge in [0, 0.05) is 5.56 Å². The highest BCUT2D eigenvalue weighted by molar-refractivity contribution is 5.55. The molecule has 6 nitrogen and oxygen atoms in total. The summed E-state index contributed by atoms with van der Waals surface area (Å²) in [6.07, 6.45) is 0.274. The van der Waals surface area contributed by atoms with Crippen LogP contribution >= 0.6 is 0 Å². The number of tetrazole rings is 1. The summed E-state index contributed by atoms with van der Waals surface area (Å²) in [6.45, 7) is 1.42. The maximum Gasteiger partial charge on any atom is 0.204 e. The molecule has 3 rings (SSSR count). The summed E-state index contributed by atoms with van der Waals surface area (Å²) in [4.78, 5) is 1.43. The minimum atomic E-state index is 0.274. The van der Waals surface area contributed by atoms with E-state index in [-0.39, 0.29) is 6.10 Å². The van der Waals surface area contributed by atoms with Crippen LogP contribution in [0.5, 0.6) is 5.75 Å². The van der Waals surface area contributed by atoms with Crippen molar-refractivity contribution in [2.75, 3.05) is 13.2 Å². The maximum absolute atomic E-state index is 5.54. The van der Waals surface area contributed by atoms with Crippen LogP contribution in [0.4, 0.5) is 0 Å². The lowest BCUT2D eigenvalue weighted by molar-refractivity contribution is 0.263. The Morgan fingerprint density at radius 3 is 2.76 bits per heavy atom. The molecule has 1 aliphatic rings. The van der Waals surface area contributed by atoms with Crippen LogP contribution in [0.3, 0.4) is 0 Å². The quantitative estimate of drug-likeness (QED) is 0.724. The Morgan fingerprint density at radius 2 is 2.18 bits per heavy atom. The van der Waals surface area contributed by atoms with Crippen molar-refractivity contribution >= 4 is 0 Å². The van der Waals surface area contributed by atoms with E-state index in [4.69, 9.17) is 9.47 Å². The van der Waals surface area contributed by atoms with Gasteiger partial charge in [-0.15, -0.1) is 10.2 Å². The van der Waals surface area contributed by atoms with Crippen molar-refractivity contribution in [2.45, 2.75) is 6.10 Å². The molecular formula is C11H12N4O2. The van der Waals surface area contributed by atoms with Gasteiger partial charge in [0.1, 0.15) is 18.5 Å². The summed E-state index contributed by atoms with van der Waals surface area (Å²) < 4.78 is 10.6. The largest absolute Gasteiger partial charge is 0.491 e. The Hall–Kier alpha value is -1.95. The van der Waals surface area contributed by atoms with Gasteiger partial charge < -0.3 is 9.47 Å². The van der Waals surface area contributed by atoms with Crippen molar-refractivity contribution in [3.8, 4) is 17.1 Å². The monoisotopic (exact) mass is 232 g/mol. The molecule has 2 heterocycles. The zero-order chi connectivity index (χ0) is 11.7. The van der Waals surface area contributed by atoms with Gasteiger partial charge in [-0.1, -0.05) is 0 Å². The molecule has 6 heteroatoms. The molecule has 1 fully saturated rings. The van der Waals surface area contributed by atoms with Crippen molar-refractivity contribution < 1.29 is 9.47 Å². The number of rotatable bonds is 4. The van der Waals surface area contributed by atoms with Crippen LogP contribution in [-0.2, 0) is 11.8 Å². The van der Waals surface area contributed by atoms with Gasteiger partial charge in [-0.25, -0.2) is 0 Å². The Bertz CT molecular complexity index is 504. The lowest BCUT2D eigenvalue weighted by Gasteiger charge is -2.03. The number of aromatic nitrogens is 4. The normalized spacial score (nSPS) is 18.1. The molecule has 0 saturated carbocycles. The number of hydrogen-bond acceptors (Lipinski definition) is 5. The standard InChI is InChI=1S/C11H12N4O2/c1-15-13-11(12-14-15)8-2-4-9(5-3-8)16-6-10-7-17-10/h2-5,10H,6-7H2,1H3. The highest BCUT2D eigenvalue weighted by Gasteiger charge is 2.22. The number of ether oxygens (including phenoxy) is 2. The van der Waals surface area contributed by atoms with E-state index in [2.05, 4.69) is 15.4 Å². The first-order valence-corrected chi connectivity index (χ1v) is 5.40. The van der Waals surface area contributed by atoms with Crippen molar-refractivity contribution in [3.63, 3.8) is 0 Å². The van der Waals surface area contributed by atoms with Gasteiger partial charge in [0.05, 0.1) is 13.7 Å². The van der Waals surface area contributed by atoms with Crippen LogP contribution in [0.25, 0.3) is 11.4 Å². The average Bonchev–Trinajstić information content (AvgIpc) is 3.09. The van der Waals surface area contributed by atoms with Crippen molar-refractivity contribution in [3.05, 3.63) is 24.3 Å². The fraction of sp³-hybridized carbons (Fsp3) is 0.364. The molecule has 88 valence electrons. The first kappa shape index (κ1) is 10.2. The maximum atomic E-state index is 5.54. The average molecular weight is 232 g/mol. The predicted octanol–water partition coefficient (Wildman–Crippen LogP) is 0.655. The van der Waals surface area contributed by atoms with Crippen molar-refractivity contribution in [1.29, 1.82) is 0 Å². The molecule has 0 aliphatic carbocycles. The van der Waals surface area contributed by atoms with Crippen molar-refractivity contribution in [2.24, 2.45) is 7.05 Å². The molecule has 17 heavy (non-hydrogen) atoms. The van der Waals surface area contributed by atoms with Crippen LogP contribution in [-0.4, -0.2) is 39.5 Å². The molecular weight excluding hydrogens is 220 g/mol. The molecule has 1 aromatic carbocycles. The van der Waals surface area contributed by atoms with Crippen LogP contribution in [0, 0.1) is 0 Å². The zero-order valence-corrected chi connectivity index (χ0v) is 9.41. The molecule has 0 bridgehead atoms. The molecule has 1 aromatic heterocycles. The van der Waals surface area contributed by atoms with Crippen LogP contribution < -0.4 is 4.74 Å². The van der Waals surface area contributed by atoms with Gasteiger partial charge in [0.2, 0.25) is 5.82 Å². The van der Waals surface area contributed by atoms with Gasteiger partial charge in [-0.3, -0.25) is 0 Å². The number of aryl methyl sites for hydroxylation is 1. The molecule has 0 amide bonds. The lowest BCUT2D eigenvalue weighted by Crippen LogP contribution is -2.03. The third-order valence-corrected chi connectivity index (χ3v) is 2.46. The summed E-state index contributed by atoms with van der Waals surface area (Å²) >= 11 is 0. The van der Waals surface area contributed by atoms with Crippen LogP contribution in [0.2, 0.25) is 0 Å². The summed E-state index contributed by atoms with van der Waals surface area (Å²) in [7, 11) is 1.74. The minimum Gasteiger partial charge on any atom is -0.491 e. The third-order valence-electron chi connectivity index (χ3n) is 2.46. The second-order valence-electron chi connectivity index (χ2n) is 3.89. The number of nitrogens with zero attached hydrogens (tertiary/aromatic N) is 4. The van der Waals surface area contributed by atoms with E-state index in [0.717, 1.165) is 17.9 Å². The second-order valence-corrected chi connectivity index (χ2v) is 3.89. The number of benzene rings is 1. The SMILES string of the molecule is Cn1nnc(-c2ccc(OCC3CO3)cc2)n1. The highest BCUT2D eigenvalue weighted by Crippen LogP contribution is 2.19. The summed E-state index contributed by atoms with van der Waals surface area (Å²) in [5.41, 5.74) is 0.924. The third kappa shape index (κ3) is 2.42. The highest BCUT2D eigenvalue weighted by atomic mass is 16.6. The lowest BCUT2D eigenvalue weighted by atomic mass is 10.2. The fourth-order valence-electron chi connectivity index (χ4n) is 1.45. The first-order valence-electron chi connectivity index (χ1n) is 5.40. The van der Waals surface area contributed by atoms with Gasteiger partial charge in [0.15, 0.2) is 0 Å². The van der Waals surface area contributed by atoms with Crippen LogP contribution in [0.15, 0.2) is 24.3 Å². The van der Waals surface area contributed by atoms with E-state index < -0.39 is 0 Å². The van der Waals surface area contributed by atoms with Gasteiger partial charge in [-0.2, -0.15) is 4.80 Å². The van der Waals surface area contributed by atoms with Gasteiger partial charge in [-0.05, 0) is 29.5 Å². The van der Waals surface area contributed by atoms with E-state index in [9.17, 15) is 0 Å². The first-order chi connectivity index (χ1) is 8.31. The molecule has 1 unspecified atom stereocenters. The Labute approximate surface area is 98.2 Å². The number of epoxide rings is 1. The summed E-state index contributed by atoms with van der Waals surface area (Å²) in [6, 6.07) is 7.63. The number of hydrogen-bond donors (Lipinski definition) is 0. The van der Waals surface area contributed by atoms with Gasteiger partial charge in [0.25, 0.3) is 0 Å². The molecule has 1 atom stereocenters. The van der Waals surface area contributed by atoms with E-state index in [1.807, 2.05) is 24.3 Å². The predicted molar refractivity (Wildman–Crippen MR) is 59.5 cm³/mol. The van der Waals surface area contributed by atoms with Crippen LogP contribution in [0.1, 0.15) is 0 Å². The summed E-state index contributed by atoms with van der Waals surface area (Å²) in [5, 5.41) is 11.9. The molecule has 1 aliphatic heterocycles. The van der Waals surface area contributed by atoms with Crippen molar-refractivity contribution in [1.82, 2.24) is 20.2 Å². The second kappa shape index (κ2) is 4.14. The molecule has 2 aromatic rings. The molecule has 1 saturated heterocycles. The van der Waals surface area contributed by atoms with E-state index in [1.54, 1.807) is 7.05 Å². The molecule has 0 N–H and O–H groups in total. The van der Waals surface area contributed by atoms with E-state index >= 15 is 0 Å². The fourth-order valence-corrected chi connectivity index (χ4v) is 1.45.